The third-order valence-electron chi connectivity index (χ3n) is 3.82. The van der Waals surface area contributed by atoms with Gasteiger partial charge in [-0.15, -0.1) is 0 Å². The number of tetrazole rings is 1. The van der Waals surface area contributed by atoms with Gasteiger partial charge in [-0.3, -0.25) is 0 Å². The van der Waals surface area contributed by atoms with Crippen molar-refractivity contribution in [2.24, 2.45) is 0 Å². The van der Waals surface area contributed by atoms with Crippen molar-refractivity contribution in [2.45, 2.75) is 6.54 Å². The summed E-state index contributed by atoms with van der Waals surface area (Å²) >= 11 is 0. The number of nitrogens with zero attached hydrogens (tertiary/aromatic N) is 5. The highest BCUT2D eigenvalue weighted by molar-refractivity contribution is 5.46. The van der Waals surface area contributed by atoms with Crippen LogP contribution in [0.3, 0.4) is 0 Å². The minimum Gasteiger partial charge on any atom is -0.486 e. The Balaban J connectivity index is 1.57. The van der Waals surface area contributed by atoms with Crippen LogP contribution in [0, 0.1) is 0 Å². The lowest BCUT2D eigenvalue weighted by Gasteiger charge is -2.21. The molecule has 0 saturated heterocycles. The van der Waals surface area contributed by atoms with Crippen LogP contribution in [0.1, 0.15) is 5.56 Å². The molecule has 0 radical (unpaired) electrons. The van der Waals surface area contributed by atoms with Crippen LogP contribution in [0.15, 0.2) is 48.5 Å². The third kappa shape index (κ3) is 2.76. The molecule has 24 heavy (non-hydrogen) atoms. The summed E-state index contributed by atoms with van der Waals surface area (Å²) in [5.41, 5.74) is 2.02. The lowest BCUT2D eigenvalue weighted by molar-refractivity contribution is 0.171. The van der Waals surface area contributed by atoms with Crippen molar-refractivity contribution in [3.05, 3.63) is 54.1 Å². The first-order valence-corrected chi connectivity index (χ1v) is 7.75. The molecule has 7 heteroatoms. The number of benzene rings is 2. The van der Waals surface area contributed by atoms with Gasteiger partial charge in [0.1, 0.15) is 13.2 Å². The van der Waals surface area contributed by atoms with Gasteiger partial charge >= 0.3 is 0 Å². The summed E-state index contributed by atoms with van der Waals surface area (Å²) in [5.74, 6) is 2.26. The Morgan fingerprint density at radius 2 is 1.83 bits per heavy atom. The largest absolute Gasteiger partial charge is 0.486 e. The molecule has 2 heterocycles. The highest BCUT2D eigenvalue weighted by Gasteiger charge is 2.16. The molecule has 0 spiro atoms. The highest BCUT2D eigenvalue weighted by Crippen LogP contribution is 2.31. The molecule has 1 aliphatic rings. The number of hydrogen-bond donors (Lipinski definition) is 0. The van der Waals surface area contributed by atoms with E-state index in [9.17, 15) is 0 Å². The van der Waals surface area contributed by atoms with Gasteiger partial charge in [-0.25, -0.2) is 0 Å². The van der Waals surface area contributed by atoms with E-state index in [0.29, 0.717) is 25.7 Å². The Hall–Kier alpha value is -3.09. The average Bonchev–Trinajstić information content (AvgIpc) is 3.12. The van der Waals surface area contributed by atoms with Crippen LogP contribution in [-0.2, 0) is 6.54 Å². The molecule has 7 nitrogen and oxygen atoms in total. The van der Waals surface area contributed by atoms with E-state index in [0.717, 1.165) is 22.7 Å². The van der Waals surface area contributed by atoms with Crippen LogP contribution in [0.2, 0.25) is 0 Å². The van der Waals surface area contributed by atoms with Crippen LogP contribution < -0.4 is 14.4 Å². The summed E-state index contributed by atoms with van der Waals surface area (Å²) in [6.07, 6.45) is 0. The second-order valence-electron chi connectivity index (χ2n) is 5.56. The molecule has 0 unspecified atom stereocenters. The highest BCUT2D eigenvalue weighted by atomic mass is 16.6. The van der Waals surface area contributed by atoms with Gasteiger partial charge < -0.3 is 14.4 Å². The van der Waals surface area contributed by atoms with Crippen molar-refractivity contribution in [3.8, 4) is 17.2 Å². The van der Waals surface area contributed by atoms with Crippen molar-refractivity contribution in [3.63, 3.8) is 0 Å². The maximum Gasteiger partial charge on any atom is 0.250 e. The minimum absolute atomic E-state index is 0.582. The van der Waals surface area contributed by atoms with E-state index in [1.165, 1.54) is 0 Å². The molecule has 1 aromatic heterocycles. The first kappa shape index (κ1) is 14.5. The van der Waals surface area contributed by atoms with Crippen LogP contribution >= 0.6 is 0 Å². The number of rotatable bonds is 4. The van der Waals surface area contributed by atoms with E-state index in [4.69, 9.17) is 9.47 Å². The Morgan fingerprint density at radius 1 is 1.04 bits per heavy atom. The molecule has 1 aliphatic heterocycles. The van der Waals surface area contributed by atoms with E-state index < -0.39 is 0 Å². The number of para-hydroxylation sites is 1. The fraction of sp³-hybridized carbons (Fsp3) is 0.235. The van der Waals surface area contributed by atoms with Gasteiger partial charge in [0.2, 0.25) is 5.95 Å². The minimum atomic E-state index is 0.582. The molecule has 4 rings (SSSR count). The number of anilines is 1. The Morgan fingerprint density at radius 3 is 2.67 bits per heavy atom. The van der Waals surface area contributed by atoms with Gasteiger partial charge in [0.05, 0.1) is 5.69 Å². The van der Waals surface area contributed by atoms with E-state index >= 15 is 0 Å². The van der Waals surface area contributed by atoms with E-state index in [1.54, 1.807) is 4.68 Å². The Labute approximate surface area is 139 Å². The van der Waals surface area contributed by atoms with Gasteiger partial charge in [0, 0.05) is 13.6 Å². The number of fused-ring (bicyclic) bond motifs is 1. The summed E-state index contributed by atoms with van der Waals surface area (Å²) < 4.78 is 12.9. The van der Waals surface area contributed by atoms with Gasteiger partial charge in [0.25, 0.3) is 0 Å². The topological polar surface area (TPSA) is 65.3 Å². The molecule has 0 bridgehead atoms. The zero-order valence-electron chi connectivity index (χ0n) is 13.3. The molecular formula is C17H17N5O2. The monoisotopic (exact) mass is 323 g/mol. The standard InChI is InChI=1S/C17H17N5O2/c1-21(12-13-7-8-15-16(11-13)24-10-9-23-15)17-18-19-20-22(17)14-5-3-2-4-6-14/h2-8,11H,9-10,12H2,1H3. The van der Waals surface area contributed by atoms with E-state index in [1.807, 2.05) is 60.5 Å². The second-order valence-corrected chi connectivity index (χ2v) is 5.56. The Kier molecular flexibility index (Phi) is 3.74. The molecule has 2 aromatic carbocycles. The molecule has 0 fully saturated rings. The summed E-state index contributed by atoms with van der Waals surface area (Å²) in [6, 6.07) is 15.8. The Bertz CT molecular complexity index is 834. The summed E-state index contributed by atoms with van der Waals surface area (Å²) in [4.78, 5) is 2.00. The third-order valence-corrected chi connectivity index (χ3v) is 3.82. The second kappa shape index (κ2) is 6.19. The molecular weight excluding hydrogens is 306 g/mol. The molecule has 0 saturated carbocycles. The molecule has 122 valence electrons. The van der Waals surface area contributed by atoms with Gasteiger partial charge in [-0.05, 0) is 40.3 Å². The van der Waals surface area contributed by atoms with E-state index in [2.05, 4.69) is 15.5 Å². The first-order chi connectivity index (χ1) is 11.8. The lowest BCUT2D eigenvalue weighted by atomic mass is 10.2. The van der Waals surface area contributed by atoms with E-state index in [-0.39, 0.29) is 0 Å². The summed E-state index contributed by atoms with van der Waals surface area (Å²) in [5, 5.41) is 12.0. The van der Waals surface area contributed by atoms with Crippen LogP contribution in [0.4, 0.5) is 5.95 Å². The molecule has 0 atom stereocenters. The van der Waals surface area contributed by atoms with Gasteiger partial charge in [0.15, 0.2) is 11.5 Å². The zero-order valence-corrected chi connectivity index (χ0v) is 13.3. The van der Waals surface area contributed by atoms with Crippen LogP contribution in [0.25, 0.3) is 5.69 Å². The van der Waals surface area contributed by atoms with Crippen molar-refractivity contribution in [1.82, 2.24) is 20.2 Å². The van der Waals surface area contributed by atoms with Crippen LogP contribution in [-0.4, -0.2) is 40.5 Å². The fourth-order valence-electron chi connectivity index (χ4n) is 2.69. The molecule has 0 aliphatic carbocycles. The normalized spacial score (nSPS) is 12.9. The number of aromatic nitrogens is 4. The maximum atomic E-state index is 5.64. The first-order valence-electron chi connectivity index (χ1n) is 7.75. The van der Waals surface area contributed by atoms with Crippen LogP contribution in [0.5, 0.6) is 11.5 Å². The quantitative estimate of drug-likeness (QED) is 0.732. The van der Waals surface area contributed by atoms with Crippen molar-refractivity contribution < 1.29 is 9.47 Å². The number of hydrogen-bond acceptors (Lipinski definition) is 6. The zero-order chi connectivity index (χ0) is 16.4. The molecule has 0 amide bonds. The molecule has 3 aromatic rings. The van der Waals surface area contributed by atoms with Gasteiger partial charge in [-0.1, -0.05) is 29.4 Å². The van der Waals surface area contributed by atoms with Crippen molar-refractivity contribution in [2.75, 3.05) is 25.2 Å². The SMILES string of the molecule is CN(Cc1ccc2c(c1)OCCO2)c1nnnn1-c1ccccc1. The maximum absolute atomic E-state index is 5.64. The number of ether oxygens (including phenoxy) is 2. The molecule has 0 N–H and O–H groups in total. The smallest absolute Gasteiger partial charge is 0.250 e. The predicted molar refractivity (Wildman–Crippen MR) is 88.7 cm³/mol. The fourth-order valence-corrected chi connectivity index (χ4v) is 2.69. The van der Waals surface area contributed by atoms with Crippen molar-refractivity contribution in [1.29, 1.82) is 0 Å². The lowest BCUT2D eigenvalue weighted by Crippen LogP contribution is -2.21. The average molecular weight is 323 g/mol. The summed E-state index contributed by atoms with van der Waals surface area (Å²) in [6.45, 7) is 1.83. The van der Waals surface area contributed by atoms with Crippen molar-refractivity contribution >= 4 is 5.95 Å². The van der Waals surface area contributed by atoms with Gasteiger partial charge in [-0.2, -0.15) is 4.68 Å². The summed E-state index contributed by atoms with van der Waals surface area (Å²) in [7, 11) is 1.96. The predicted octanol–water partition coefficient (Wildman–Crippen LogP) is 2.07.